The monoisotopic (exact) mass is 345 g/mol. The molecule has 0 atom stereocenters. The molecule has 1 aliphatic carbocycles. The van der Waals surface area contributed by atoms with Crippen LogP contribution >= 0.6 is 23.1 Å². The molecule has 2 heterocycles. The highest BCUT2D eigenvalue weighted by atomic mass is 32.2. The molecule has 0 saturated heterocycles. The van der Waals surface area contributed by atoms with E-state index in [0.29, 0.717) is 12.6 Å². The largest absolute Gasteiger partial charge is 0.378 e. The fourth-order valence-electron chi connectivity index (χ4n) is 2.26. The van der Waals surface area contributed by atoms with E-state index >= 15 is 0 Å². The third-order valence-corrected chi connectivity index (χ3v) is 5.49. The standard InChI is InChI=1S/C14H15N7S2/c1-22-14-18-16-12(23-14)8-15-10-4-2-9(3-5-10)13-17-19-20-21(13)11-6-7-11/h2-5,11,15H,6-8H2,1H3. The Morgan fingerprint density at radius 2 is 2.04 bits per heavy atom. The van der Waals surface area contributed by atoms with E-state index in [1.807, 2.05) is 35.2 Å². The van der Waals surface area contributed by atoms with Gasteiger partial charge in [-0.2, -0.15) is 0 Å². The highest BCUT2D eigenvalue weighted by Gasteiger charge is 2.28. The zero-order chi connectivity index (χ0) is 15.6. The molecule has 118 valence electrons. The minimum absolute atomic E-state index is 0.473. The van der Waals surface area contributed by atoms with Crippen molar-refractivity contribution in [1.29, 1.82) is 0 Å². The van der Waals surface area contributed by atoms with E-state index in [4.69, 9.17) is 0 Å². The third-order valence-electron chi connectivity index (χ3n) is 3.60. The molecule has 3 aromatic rings. The Balaban J connectivity index is 1.44. The van der Waals surface area contributed by atoms with Crippen LogP contribution in [0.25, 0.3) is 11.4 Å². The lowest BCUT2D eigenvalue weighted by molar-refractivity contribution is 0.615. The summed E-state index contributed by atoms with van der Waals surface area (Å²) in [4.78, 5) is 0. The molecule has 0 radical (unpaired) electrons. The van der Waals surface area contributed by atoms with E-state index in [1.165, 1.54) is 0 Å². The van der Waals surface area contributed by atoms with Gasteiger partial charge in [0, 0.05) is 11.3 Å². The Hall–Kier alpha value is -2.00. The summed E-state index contributed by atoms with van der Waals surface area (Å²) in [7, 11) is 0. The second-order valence-corrected chi connectivity index (χ2v) is 7.39. The molecule has 0 spiro atoms. The van der Waals surface area contributed by atoms with Crippen LogP contribution in [-0.4, -0.2) is 36.7 Å². The molecule has 7 nitrogen and oxygen atoms in total. The topological polar surface area (TPSA) is 81.4 Å². The number of hydrogen-bond donors (Lipinski definition) is 1. The first kappa shape index (κ1) is 14.6. The van der Waals surface area contributed by atoms with Crippen LogP contribution < -0.4 is 5.32 Å². The number of anilines is 1. The Kier molecular flexibility index (Phi) is 3.96. The molecule has 0 aliphatic heterocycles. The number of tetrazole rings is 1. The van der Waals surface area contributed by atoms with Crippen LogP contribution in [-0.2, 0) is 6.54 Å². The normalized spacial score (nSPS) is 14.1. The van der Waals surface area contributed by atoms with E-state index in [1.54, 1.807) is 23.1 Å². The van der Waals surface area contributed by atoms with Crippen molar-refractivity contribution in [2.24, 2.45) is 0 Å². The van der Waals surface area contributed by atoms with Gasteiger partial charge < -0.3 is 5.32 Å². The summed E-state index contributed by atoms with van der Waals surface area (Å²) in [5.74, 6) is 0.841. The van der Waals surface area contributed by atoms with Crippen molar-refractivity contribution in [1.82, 2.24) is 30.4 Å². The fourth-order valence-corrected chi connectivity index (χ4v) is 3.51. The Morgan fingerprint density at radius 3 is 2.74 bits per heavy atom. The van der Waals surface area contributed by atoms with Crippen molar-refractivity contribution in [3.63, 3.8) is 0 Å². The van der Waals surface area contributed by atoms with Crippen molar-refractivity contribution in [2.45, 2.75) is 29.8 Å². The molecule has 2 aromatic heterocycles. The number of hydrogen-bond acceptors (Lipinski definition) is 8. The average molecular weight is 345 g/mol. The second-order valence-electron chi connectivity index (χ2n) is 5.27. The van der Waals surface area contributed by atoms with Crippen molar-refractivity contribution in [2.75, 3.05) is 11.6 Å². The maximum atomic E-state index is 4.15. The Labute approximate surface area is 141 Å². The fraction of sp³-hybridized carbons (Fsp3) is 0.357. The van der Waals surface area contributed by atoms with E-state index in [9.17, 15) is 0 Å². The highest BCUT2D eigenvalue weighted by molar-refractivity contribution is 8.00. The van der Waals surface area contributed by atoms with Gasteiger partial charge in [0.15, 0.2) is 10.2 Å². The lowest BCUT2D eigenvalue weighted by atomic mass is 10.2. The number of aromatic nitrogens is 6. The van der Waals surface area contributed by atoms with Crippen LogP contribution in [0.2, 0.25) is 0 Å². The molecule has 1 aliphatic rings. The zero-order valence-corrected chi connectivity index (χ0v) is 14.1. The predicted molar refractivity (Wildman–Crippen MR) is 90.5 cm³/mol. The molecule has 4 rings (SSSR count). The Morgan fingerprint density at radius 1 is 1.22 bits per heavy atom. The van der Waals surface area contributed by atoms with Crippen molar-refractivity contribution in [3.05, 3.63) is 29.3 Å². The van der Waals surface area contributed by atoms with Gasteiger partial charge in [-0.15, -0.1) is 15.3 Å². The molecule has 1 N–H and O–H groups in total. The van der Waals surface area contributed by atoms with Gasteiger partial charge in [-0.1, -0.05) is 23.1 Å². The van der Waals surface area contributed by atoms with Crippen molar-refractivity contribution < 1.29 is 0 Å². The molecule has 0 amide bonds. The van der Waals surface area contributed by atoms with E-state index in [-0.39, 0.29) is 0 Å². The molecule has 0 unspecified atom stereocenters. The quantitative estimate of drug-likeness (QED) is 0.688. The SMILES string of the molecule is CSc1nnc(CNc2ccc(-c3nnnn3C3CC3)cc2)s1. The maximum absolute atomic E-state index is 4.15. The van der Waals surface area contributed by atoms with Crippen LogP contribution in [0.3, 0.4) is 0 Å². The minimum atomic E-state index is 0.473. The number of nitrogens with one attached hydrogen (secondary N) is 1. The van der Waals surface area contributed by atoms with Crippen LogP contribution in [0.5, 0.6) is 0 Å². The molecule has 1 fully saturated rings. The average Bonchev–Trinajstić information content (AvgIpc) is 3.13. The molecule has 1 saturated carbocycles. The summed E-state index contributed by atoms with van der Waals surface area (Å²) in [5, 5.41) is 24.6. The summed E-state index contributed by atoms with van der Waals surface area (Å²) in [6, 6.07) is 8.64. The van der Waals surface area contributed by atoms with Gasteiger partial charge in [-0.3, -0.25) is 0 Å². The van der Waals surface area contributed by atoms with Crippen LogP contribution in [0, 0.1) is 0 Å². The molecule has 9 heteroatoms. The first-order valence-corrected chi connectivity index (χ1v) is 9.36. The van der Waals surface area contributed by atoms with Crippen molar-refractivity contribution >= 4 is 28.8 Å². The van der Waals surface area contributed by atoms with Gasteiger partial charge in [0.1, 0.15) is 5.01 Å². The van der Waals surface area contributed by atoms with E-state index in [0.717, 1.165) is 39.3 Å². The molecule has 23 heavy (non-hydrogen) atoms. The third kappa shape index (κ3) is 3.20. The van der Waals surface area contributed by atoms with Gasteiger partial charge >= 0.3 is 0 Å². The summed E-state index contributed by atoms with van der Waals surface area (Å²) in [5.41, 5.74) is 2.08. The lowest BCUT2D eigenvalue weighted by Gasteiger charge is -2.06. The van der Waals surface area contributed by atoms with Crippen molar-refractivity contribution in [3.8, 4) is 11.4 Å². The number of rotatable bonds is 6. The number of benzene rings is 1. The number of thioether (sulfide) groups is 1. The minimum Gasteiger partial charge on any atom is -0.378 e. The Bertz CT molecular complexity index is 792. The van der Waals surface area contributed by atoms with Gasteiger partial charge in [0.2, 0.25) is 0 Å². The summed E-state index contributed by atoms with van der Waals surface area (Å²) in [6.07, 6.45) is 4.33. The summed E-state index contributed by atoms with van der Waals surface area (Å²) < 4.78 is 2.91. The van der Waals surface area contributed by atoms with Gasteiger partial charge in [-0.25, -0.2) is 4.68 Å². The van der Waals surface area contributed by atoms with Gasteiger partial charge in [-0.05, 0) is 53.8 Å². The zero-order valence-electron chi connectivity index (χ0n) is 12.5. The highest BCUT2D eigenvalue weighted by Crippen LogP contribution is 2.36. The predicted octanol–water partition coefficient (Wildman–Crippen LogP) is 2.86. The number of nitrogens with zero attached hydrogens (tertiary/aromatic N) is 6. The smallest absolute Gasteiger partial charge is 0.182 e. The van der Waals surface area contributed by atoms with E-state index in [2.05, 4.69) is 31.0 Å². The van der Waals surface area contributed by atoms with E-state index < -0.39 is 0 Å². The van der Waals surface area contributed by atoms with Gasteiger partial charge in [0.05, 0.1) is 12.6 Å². The molecule has 0 bridgehead atoms. The first-order chi connectivity index (χ1) is 11.3. The van der Waals surface area contributed by atoms with Crippen LogP contribution in [0.15, 0.2) is 28.6 Å². The molecular weight excluding hydrogens is 330 g/mol. The van der Waals surface area contributed by atoms with Crippen LogP contribution in [0.1, 0.15) is 23.9 Å². The summed E-state index contributed by atoms with van der Waals surface area (Å²) in [6.45, 7) is 0.678. The first-order valence-electron chi connectivity index (χ1n) is 7.32. The van der Waals surface area contributed by atoms with Crippen LogP contribution in [0.4, 0.5) is 5.69 Å². The molecular formula is C14H15N7S2. The maximum Gasteiger partial charge on any atom is 0.182 e. The lowest BCUT2D eigenvalue weighted by Crippen LogP contribution is -2.01. The van der Waals surface area contributed by atoms with Gasteiger partial charge in [0.25, 0.3) is 0 Å². The molecule has 1 aromatic carbocycles. The summed E-state index contributed by atoms with van der Waals surface area (Å²) >= 11 is 3.23. The second kappa shape index (κ2) is 6.25.